The number of rotatable bonds is 1. The fraction of sp³-hybridized carbons (Fsp3) is 0.600. The maximum Gasteiger partial charge on any atom is 0.337 e. The van der Waals surface area contributed by atoms with E-state index in [-0.39, 0.29) is 0 Å². The van der Waals surface area contributed by atoms with Crippen molar-refractivity contribution in [2.75, 3.05) is 0 Å². The second kappa shape index (κ2) is 1.94. The molecule has 8 heavy (non-hydrogen) atoms. The zero-order chi connectivity index (χ0) is 5.98. The Balaban J connectivity index is 2.77. The topological polar surface area (TPSA) is 29.9 Å². The van der Waals surface area contributed by atoms with Gasteiger partial charge in [-0.2, -0.15) is 4.57 Å². The van der Waals surface area contributed by atoms with E-state index in [4.69, 9.17) is 0 Å². The van der Waals surface area contributed by atoms with Crippen LogP contribution in [0.15, 0.2) is 17.2 Å². The minimum atomic E-state index is 0.446. The Morgan fingerprint density at radius 1 is 1.62 bits per heavy atom. The molecule has 1 heterocycles. The first kappa shape index (κ1) is 5.28. The summed E-state index contributed by atoms with van der Waals surface area (Å²) >= 11 is 0. The first-order chi connectivity index (χ1) is 3.80. The lowest BCUT2D eigenvalue weighted by Crippen LogP contribution is -2.32. The molecule has 0 aromatic carbocycles. The molecule has 0 amide bonds. The van der Waals surface area contributed by atoms with Crippen LogP contribution in [0.1, 0.15) is 19.9 Å². The molecule has 3 nitrogen and oxygen atoms in total. The Bertz CT molecular complexity index is 145. The van der Waals surface area contributed by atoms with Crippen LogP contribution in [-0.2, 0) is 0 Å². The summed E-state index contributed by atoms with van der Waals surface area (Å²) in [6.45, 7) is 4.13. The Kier molecular flexibility index (Phi) is 1.28. The maximum absolute atomic E-state index is 4.59. The molecule has 1 rings (SSSR count). The Morgan fingerprint density at radius 2 is 2.38 bits per heavy atom. The zero-order valence-corrected chi connectivity index (χ0v) is 5.03. The van der Waals surface area contributed by atoms with Gasteiger partial charge in [-0.1, -0.05) is 0 Å². The normalized spacial score (nSPS) is 10.4. The zero-order valence-electron chi connectivity index (χ0n) is 5.03. The fourth-order valence-electron chi connectivity index (χ4n) is 0.446. The molecule has 0 aliphatic heterocycles. The predicted octanol–water partition coefficient (Wildman–Crippen LogP) is 0.543. The molecular weight excluding hydrogens is 104 g/mol. The average molecular weight is 113 g/mol. The first-order valence-electron chi connectivity index (χ1n) is 2.61. The number of nitrogens with zero attached hydrogens (tertiary/aromatic N) is 2. The largest absolute Gasteiger partial charge is 0.337 e. The third-order valence-electron chi connectivity index (χ3n) is 1.01. The van der Waals surface area contributed by atoms with Crippen molar-refractivity contribution in [3.63, 3.8) is 0 Å². The van der Waals surface area contributed by atoms with Crippen molar-refractivity contribution in [3.05, 3.63) is 12.7 Å². The molecule has 44 valence electrons. The van der Waals surface area contributed by atoms with Crippen molar-refractivity contribution in [1.82, 2.24) is 5.16 Å². The van der Waals surface area contributed by atoms with E-state index in [1.807, 2.05) is 4.57 Å². The fourth-order valence-corrected chi connectivity index (χ4v) is 0.446. The van der Waals surface area contributed by atoms with Gasteiger partial charge >= 0.3 is 12.7 Å². The highest BCUT2D eigenvalue weighted by Crippen LogP contribution is 1.86. The first-order valence-corrected chi connectivity index (χ1v) is 2.61. The van der Waals surface area contributed by atoms with E-state index in [9.17, 15) is 0 Å². The van der Waals surface area contributed by atoms with Gasteiger partial charge in [0.1, 0.15) is 0 Å². The molecule has 0 aliphatic carbocycles. The molecule has 0 spiro atoms. The van der Waals surface area contributed by atoms with Crippen LogP contribution < -0.4 is 4.57 Å². The minimum Gasteiger partial charge on any atom is -0.222 e. The highest BCUT2D eigenvalue weighted by Gasteiger charge is 2.02. The molecule has 0 atom stereocenters. The molecule has 0 unspecified atom stereocenters. The monoisotopic (exact) mass is 113 g/mol. The van der Waals surface area contributed by atoms with Gasteiger partial charge in [-0.3, -0.25) is 0 Å². The van der Waals surface area contributed by atoms with Gasteiger partial charge in [0.05, 0.1) is 6.04 Å². The van der Waals surface area contributed by atoms with Crippen molar-refractivity contribution in [2.24, 2.45) is 0 Å². The minimum absolute atomic E-state index is 0.446. The van der Waals surface area contributed by atoms with Gasteiger partial charge in [-0.25, -0.2) is 4.52 Å². The lowest BCUT2D eigenvalue weighted by Gasteiger charge is -1.91. The van der Waals surface area contributed by atoms with Gasteiger partial charge in [-0.05, 0) is 13.8 Å². The third-order valence-corrected chi connectivity index (χ3v) is 1.01. The van der Waals surface area contributed by atoms with Crippen LogP contribution in [0.4, 0.5) is 0 Å². The molecular formula is C5H9N2O+. The van der Waals surface area contributed by atoms with Crippen LogP contribution in [0.2, 0.25) is 0 Å². The van der Waals surface area contributed by atoms with Gasteiger partial charge in [0, 0.05) is 0 Å². The molecule has 3 heteroatoms. The molecule has 0 radical (unpaired) electrons. The lowest BCUT2D eigenvalue weighted by atomic mass is 10.4. The predicted molar refractivity (Wildman–Crippen MR) is 27.1 cm³/mol. The summed E-state index contributed by atoms with van der Waals surface area (Å²) in [5, 5.41) is 3.53. The third kappa shape index (κ3) is 0.857. The standard InChI is InChI=1S/C5H9N2O/c1-5(2)7-3-6-8-4-7/h3-5H,1-2H3/q+1. The van der Waals surface area contributed by atoms with Gasteiger partial charge in [0.2, 0.25) is 0 Å². The molecule has 0 saturated heterocycles. The van der Waals surface area contributed by atoms with Crippen LogP contribution in [-0.4, -0.2) is 5.16 Å². The van der Waals surface area contributed by atoms with E-state index in [0.29, 0.717) is 6.04 Å². The second-order valence-corrected chi connectivity index (χ2v) is 1.97. The maximum atomic E-state index is 4.59. The van der Waals surface area contributed by atoms with Crippen molar-refractivity contribution < 1.29 is 9.09 Å². The average Bonchev–Trinajstić information content (AvgIpc) is 2.12. The molecule has 0 fully saturated rings. The highest BCUT2D eigenvalue weighted by atomic mass is 16.5. The quantitative estimate of drug-likeness (QED) is 0.497. The molecule has 0 N–H and O–H groups in total. The van der Waals surface area contributed by atoms with Crippen molar-refractivity contribution in [3.8, 4) is 0 Å². The van der Waals surface area contributed by atoms with E-state index >= 15 is 0 Å². The Morgan fingerprint density at radius 3 is 2.62 bits per heavy atom. The summed E-state index contributed by atoms with van der Waals surface area (Å²) in [6.07, 6.45) is 3.25. The van der Waals surface area contributed by atoms with E-state index in [1.54, 1.807) is 12.7 Å². The van der Waals surface area contributed by atoms with E-state index in [1.165, 1.54) is 0 Å². The second-order valence-electron chi connectivity index (χ2n) is 1.97. The van der Waals surface area contributed by atoms with Gasteiger partial charge in [-0.15, -0.1) is 0 Å². The van der Waals surface area contributed by atoms with Crippen LogP contribution in [0.25, 0.3) is 0 Å². The molecule has 1 aromatic rings. The smallest absolute Gasteiger partial charge is 0.222 e. The van der Waals surface area contributed by atoms with Crippen molar-refractivity contribution in [1.29, 1.82) is 0 Å². The highest BCUT2D eigenvalue weighted by molar-refractivity contribution is 4.28. The van der Waals surface area contributed by atoms with E-state index in [2.05, 4.69) is 23.5 Å². The summed E-state index contributed by atoms with van der Waals surface area (Å²) in [5.74, 6) is 0. The summed E-state index contributed by atoms with van der Waals surface area (Å²) in [5.41, 5.74) is 0. The van der Waals surface area contributed by atoms with Gasteiger partial charge in [0.15, 0.2) is 5.16 Å². The van der Waals surface area contributed by atoms with Crippen LogP contribution >= 0.6 is 0 Å². The molecule has 1 aromatic heterocycles. The number of aromatic nitrogens is 2. The van der Waals surface area contributed by atoms with Gasteiger partial charge < -0.3 is 0 Å². The number of hydrogen-bond acceptors (Lipinski definition) is 2. The van der Waals surface area contributed by atoms with Crippen molar-refractivity contribution in [2.45, 2.75) is 19.9 Å². The molecule has 0 bridgehead atoms. The molecule has 0 saturated carbocycles. The van der Waals surface area contributed by atoms with E-state index in [0.717, 1.165) is 0 Å². The number of hydrogen-bond donors (Lipinski definition) is 0. The van der Waals surface area contributed by atoms with E-state index < -0.39 is 0 Å². The van der Waals surface area contributed by atoms with Crippen LogP contribution in [0, 0.1) is 0 Å². The SMILES string of the molecule is CC(C)[n+]1cnoc1. The lowest BCUT2D eigenvalue weighted by molar-refractivity contribution is -0.719. The van der Waals surface area contributed by atoms with Crippen molar-refractivity contribution >= 4 is 0 Å². The Hall–Kier alpha value is -0.860. The Labute approximate surface area is 47.9 Å². The summed E-state index contributed by atoms with van der Waals surface area (Å²) in [7, 11) is 0. The molecule has 0 aliphatic rings. The summed E-state index contributed by atoms with van der Waals surface area (Å²) in [6, 6.07) is 0.446. The summed E-state index contributed by atoms with van der Waals surface area (Å²) < 4.78 is 6.48. The van der Waals surface area contributed by atoms with Gasteiger partial charge in [0.25, 0.3) is 0 Å². The summed E-state index contributed by atoms with van der Waals surface area (Å²) in [4.78, 5) is 0. The van der Waals surface area contributed by atoms with Crippen LogP contribution in [0.3, 0.4) is 0 Å². The van der Waals surface area contributed by atoms with Crippen LogP contribution in [0.5, 0.6) is 0 Å².